The molecule has 0 spiro atoms. The summed E-state index contributed by atoms with van der Waals surface area (Å²) in [6.45, 7) is 6.39. The number of aromatic hydroxyl groups is 1. The van der Waals surface area contributed by atoms with Crippen LogP contribution in [0.1, 0.15) is 38.7 Å². The van der Waals surface area contributed by atoms with Crippen molar-refractivity contribution in [2.45, 2.75) is 57.7 Å². The smallest absolute Gasteiger partial charge is 0.243 e. The first-order valence-corrected chi connectivity index (χ1v) is 11.6. The van der Waals surface area contributed by atoms with Gasteiger partial charge in [0.05, 0.1) is 25.2 Å². The van der Waals surface area contributed by atoms with Crippen molar-refractivity contribution in [3.8, 4) is 5.75 Å². The van der Waals surface area contributed by atoms with Crippen molar-refractivity contribution in [2.75, 3.05) is 20.1 Å². The summed E-state index contributed by atoms with van der Waals surface area (Å²) >= 11 is 0. The Bertz CT molecular complexity index is 874. The van der Waals surface area contributed by atoms with E-state index in [-0.39, 0.29) is 24.6 Å². The van der Waals surface area contributed by atoms with E-state index in [0.29, 0.717) is 19.3 Å². The minimum absolute atomic E-state index is 0.127. The summed E-state index contributed by atoms with van der Waals surface area (Å²) in [5.41, 5.74) is 0.831. The first kappa shape index (κ1) is 29.4. The fourth-order valence-corrected chi connectivity index (χ4v) is 3.21. The van der Waals surface area contributed by atoms with Crippen molar-refractivity contribution in [3.63, 3.8) is 0 Å². The van der Waals surface area contributed by atoms with Gasteiger partial charge < -0.3 is 36.8 Å². The van der Waals surface area contributed by atoms with Crippen LogP contribution in [-0.2, 0) is 25.6 Å². The molecule has 0 aliphatic rings. The predicted octanol–water partition coefficient (Wildman–Crippen LogP) is 0.00650. The molecule has 0 radical (unpaired) electrons. The number of amides is 4. The van der Waals surface area contributed by atoms with Crippen LogP contribution >= 0.6 is 0 Å². The Balaban J connectivity index is 2.45. The number of hydrogen-bond acceptors (Lipinski definition) is 7. The van der Waals surface area contributed by atoms with Gasteiger partial charge in [-0.2, -0.15) is 0 Å². The third kappa shape index (κ3) is 10.9. The van der Waals surface area contributed by atoms with Crippen LogP contribution in [0.5, 0.6) is 5.75 Å². The number of hydrogen-bond donors (Lipinski definition) is 7. The summed E-state index contributed by atoms with van der Waals surface area (Å²) in [5.74, 6) is -2.01. The monoisotopic (exact) mass is 491 g/mol. The molecule has 7 N–H and O–H groups in total. The van der Waals surface area contributed by atoms with Gasteiger partial charge in [0.15, 0.2) is 0 Å². The third-order valence-electron chi connectivity index (χ3n) is 5.27. The van der Waals surface area contributed by atoms with E-state index in [1.807, 2.05) is 6.92 Å². The Labute approximate surface area is 205 Å². The Hall–Kier alpha value is -3.60. The summed E-state index contributed by atoms with van der Waals surface area (Å²) in [7, 11) is 1.62. The normalized spacial score (nSPS) is 13.1. The van der Waals surface area contributed by atoms with Crippen molar-refractivity contribution >= 4 is 23.6 Å². The van der Waals surface area contributed by atoms with Crippen LogP contribution in [0, 0.1) is 0 Å². The molecule has 1 aromatic carbocycles. The van der Waals surface area contributed by atoms with Crippen LogP contribution in [0.3, 0.4) is 0 Å². The SMILES string of the molecule is C=C(O)C(CCC)NC(=O)C(CC)NC(=O)CNC(=O)CNC(=O)C(Cc1ccc(O)cc1)NC. The highest BCUT2D eigenvalue weighted by Crippen LogP contribution is 2.11. The molecule has 0 aliphatic heterocycles. The van der Waals surface area contributed by atoms with Gasteiger partial charge in [-0.15, -0.1) is 0 Å². The molecule has 4 amide bonds. The third-order valence-corrected chi connectivity index (χ3v) is 5.27. The van der Waals surface area contributed by atoms with E-state index in [1.165, 1.54) is 12.1 Å². The molecule has 0 heterocycles. The largest absolute Gasteiger partial charge is 0.511 e. The highest BCUT2D eigenvalue weighted by atomic mass is 16.3. The summed E-state index contributed by atoms with van der Waals surface area (Å²) in [6, 6.07) is 4.42. The Morgan fingerprint density at radius 3 is 2.06 bits per heavy atom. The molecule has 0 saturated heterocycles. The number of likely N-dealkylation sites (N-methyl/N-ethyl adjacent to an activating group) is 1. The van der Waals surface area contributed by atoms with Crippen molar-refractivity contribution in [1.29, 1.82) is 0 Å². The lowest BCUT2D eigenvalue weighted by Gasteiger charge is -2.22. The summed E-state index contributed by atoms with van der Waals surface area (Å²) in [6.07, 6.45) is 1.90. The lowest BCUT2D eigenvalue weighted by atomic mass is 10.1. The maximum Gasteiger partial charge on any atom is 0.243 e. The molecule has 0 bridgehead atoms. The van der Waals surface area contributed by atoms with Gasteiger partial charge in [-0.25, -0.2) is 0 Å². The zero-order valence-electron chi connectivity index (χ0n) is 20.5. The van der Waals surface area contributed by atoms with E-state index in [4.69, 9.17) is 0 Å². The van der Waals surface area contributed by atoms with E-state index >= 15 is 0 Å². The molecule has 3 atom stereocenters. The molecule has 35 heavy (non-hydrogen) atoms. The zero-order valence-corrected chi connectivity index (χ0v) is 20.5. The number of nitrogens with one attached hydrogen (secondary N) is 5. The maximum atomic E-state index is 12.4. The number of benzene rings is 1. The first-order valence-electron chi connectivity index (χ1n) is 11.6. The molecular weight excluding hydrogens is 454 g/mol. The van der Waals surface area contributed by atoms with Gasteiger partial charge >= 0.3 is 0 Å². The lowest BCUT2D eigenvalue weighted by Crippen LogP contribution is -2.52. The van der Waals surface area contributed by atoms with Crippen molar-refractivity contribution in [1.82, 2.24) is 26.6 Å². The number of aliphatic hydroxyl groups is 1. The molecule has 3 unspecified atom stereocenters. The Morgan fingerprint density at radius 2 is 1.51 bits per heavy atom. The Morgan fingerprint density at radius 1 is 0.886 bits per heavy atom. The molecule has 1 aromatic rings. The standard InChI is InChI=1S/C24H37N5O6/c1-5-7-19(15(3)30)29-24(35)18(6-2)28-22(33)14-26-21(32)13-27-23(34)20(25-4)12-16-8-10-17(31)11-9-16/h8-11,18-20,25,30-31H,3,5-7,12-14H2,1-2,4H3,(H,26,32)(H,27,34)(H,28,33)(H,29,35). The van der Waals surface area contributed by atoms with Crippen LogP contribution in [0.4, 0.5) is 0 Å². The number of carbonyl (C=O) groups excluding carboxylic acids is 4. The summed E-state index contributed by atoms with van der Waals surface area (Å²) < 4.78 is 0. The van der Waals surface area contributed by atoms with Crippen LogP contribution in [0.25, 0.3) is 0 Å². The minimum atomic E-state index is -0.839. The second-order valence-electron chi connectivity index (χ2n) is 8.08. The summed E-state index contributed by atoms with van der Waals surface area (Å²) in [5, 5.41) is 31.9. The minimum Gasteiger partial charge on any atom is -0.511 e. The molecule has 1 rings (SSSR count). The van der Waals surface area contributed by atoms with Gasteiger partial charge in [0.2, 0.25) is 23.6 Å². The number of phenolic OH excluding ortho intramolecular Hbond substituents is 1. The number of carbonyl (C=O) groups is 4. The topological polar surface area (TPSA) is 169 Å². The molecule has 0 aliphatic carbocycles. The van der Waals surface area contributed by atoms with Gasteiger partial charge in [-0.1, -0.05) is 39.0 Å². The fourth-order valence-electron chi connectivity index (χ4n) is 3.21. The zero-order chi connectivity index (χ0) is 26.4. The lowest BCUT2D eigenvalue weighted by molar-refractivity contribution is -0.130. The van der Waals surface area contributed by atoms with Crippen molar-refractivity contribution < 1.29 is 29.4 Å². The number of phenols is 1. The average molecular weight is 492 g/mol. The van der Waals surface area contributed by atoms with Gasteiger partial charge in [0.1, 0.15) is 17.6 Å². The van der Waals surface area contributed by atoms with Gasteiger partial charge in [0, 0.05) is 0 Å². The van der Waals surface area contributed by atoms with Crippen LogP contribution < -0.4 is 26.6 Å². The quantitative estimate of drug-likeness (QED) is 0.169. The van der Waals surface area contributed by atoms with Crippen molar-refractivity contribution in [2.24, 2.45) is 0 Å². The average Bonchev–Trinajstić information content (AvgIpc) is 2.83. The number of rotatable bonds is 15. The molecule has 11 nitrogen and oxygen atoms in total. The Kier molecular flexibility index (Phi) is 12.9. The van der Waals surface area contributed by atoms with E-state index in [1.54, 1.807) is 26.1 Å². The van der Waals surface area contributed by atoms with E-state index in [0.717, 1.165) is 12.0 Å². The van der Waals surface area contributed by atoms with Gasteiger partial charge in [-0.3, -0.25) is 19.2 Å². The molecule has 0 saturated carbocycles. The molecule has 11 heteroatoms. The number of aliphatic hydroxyl groups excluding tert-OH is 1. The fraction of sp³-hybridized carbons (Fsp3) is 0.500. The van der Waals surface area contributed by atoms with E-state index in [9.17, 15) is 29.4 Å². The predicted molar refractivity (Wildman–Crippen MR) is 132 cm³/mol. The second kappa shape index (κ2) is 15.3. The van der Waals surface area contributed by atoms with Gasteiger partial charge in [0.25, 0.3) is 0 Å². The molecule has 0 aromatic heterocycles. The second-order valence-corrected chi connectivity index (χ2v) is 8.08. The van der Waals surface area contributed by atoms with Crippen LogP contribution in [-0.4, -0.2) is 72.1 Å². The van der Waals surface area contributed by atoms with Gasteiger partial charge in [-0.05, 0) is 44.0 Å². The van der Waals surface area contributed by atoms with E-state index in [2.05, 4.69) is 33.2 Å². The highest BCUT2D eigenvalue weighted by molar-refractivity contribution is 5.92. The molecule has 194 valence electrons. The summed E-state index contributed by atoms with van der Waals surface area (Å²) in [4.78, 5) is 49.1. The molecular formula is C24H37N5O6. The van der Waals surface area contributed by atoms with E-state index < -0.39 is 41.8 Å². The van der Waals surface area contributed by atoms with Crippen LogP contribution in [0.15, 0.2) is 36.6 Å². The maximum absolute atomic E-state index is 12.4. The highest BCUT2D eigenvalue weighted by Gasteiger charge is 2.23. The first-order chi connectivity index (χ1) is 16.6. The van der Waals surface area contributed by atoms with Crippen molar-refractivity contribution in [3.05, 3.63) is 42.2 Å². The van der Waals surface area contributed by atoms with Crippen LogP contribution in [0.2, 0.25) is 0 Å². The molecule has 0 fully saturated rings.